The molecule has 1 saturated heterocycles. The molecule has 1 aromatic carbocycles. The van der Waals surface area contributed by atoms with Gasteiger partial charge >= 0.3 is 0 Å². The Kier molecular flexibility index (Phi) is 4.35. The Morgan fingerprint density at radius 3 is 2.50 bits per heavy atom. The fraction of sp³-hybridized carbons (Fsp3) is 0.500. The van der Waals surface area contributed by atoms with Gasteiger partial charge in [0.05, 0.1) is 14.2 Å². The van der Waals surface area contributed by atoms with E-state index in [4.69, 9.17) is 9.47 Å². The van der Waals surface area contributed by atoms with Crippen molar-refractivity contribution in [3.8, 4) is 11.5 Å². The van der Waals surface area contributed by atoms with Gasteiger partial charge in [-0.25, -0.2) is 8.42 Å². The topological polar surface area (TPSA) is 84.9 Å². The van der Waals surface area contributed by atoms with E-state index in [0.29, 0.717) is 5.75 Å². The summed E-state index contributed by atoms with van der Waals surface area (Å²) in [6.45, 7) is 3.62. The molecule has 1 amide bonds. The number of rotatable bonds is 4. The largest absolute Gasteiger partial charge is 0.497 e. The van der Waals surface area contributed by atoms with E-state index < -0.39 is 15.6 Å². The number of benzene rings is 1. The number of hydrogen-bond acceptors (Lipinski definition) is 5. The predicted molar refractivity (Wildman–Crippen MR) is 80.5 cm³/mol. The van der Waals surface area contributed by atoms with Gasteiger partial charge in [-0.05, 0) is 26.0 Å². The second-order valence-electron chi connectivity index (χ2n) is 5.41. The molecule has 0 unspecified atom stereocenters. The van der Waals surface area contributed by atoms with Gasteiger partial charge in [0.1, 0.15) is 21.9 Å². The van der Waals surface area contributed by atoms with Crippen molar-refractivity contribution in [2.24, 2.45) is 0 Å². The van der Waals surface area contributed by atoms with E-state index in [2.05, 4.69) is 5.32 Å². The van der Waals surface area contributed by atoms with Gasteiger partial charge < -0.3 is 14.8 Å². The minimum Gasteiger partial charge on any atom is -0.497 e. The van der Waals surface area contributed by atoms with Crippen molar-refractivity contribution in [2.45, 2.75) is 24.3 Å². The van der Waals surface area contributed by atoms with Crippen molar-refractivity contribution in [3.63, 3.8) is 0 Å². The van der Waals surface area contributed by atoms with Crippen LogP contribution in [0.1, 0.15) is 13.8 Å². The molecule has 1 aliphatic rings. The lowest BCUT2D eigenvalue weighted by Crippen LogP contribution is -2.63. The molecular formula is C14H20N2O5S. The van der Waals surface area contributed by atoms with Crippen LogP contribution in [-0.2, 0) is 14.8 Å². The number of piperazine rings is 1. The van der Waals surface area contributed by atoms with E-state index in [1.807, 2.05) is 0 Å². The summed E-state index contributed by atoms with van der Waals surface area (Å²) in [7, 11) is -1.06. The molecule has 1 aliphatic heterocycles. The van der Waals surface area contributed by atoms with Gasteiger partial charge in [-0.1, -0.05) is 0 Å². The van der Waals surface area contributed by atoms with Crippen LogP contribution >= 0.6 is 0 Å². The van der Waals surface area contributed by atoms with Crippen molar-refractivity contribution in [1.29, 1.82) is 0 Å². The molecule has 0 bridgehead atoms. The summed E-state index contributed by atoms with van der Waals surface area (Å²) in [6.07, 6.45) is 0. The standard InChI is InChI=1S/C14H20N2O5S/c1-14(2)13(17)15-7-8-16(14)22(18,19)12-9-10(20-3)5-6-11(12)21-4/h5-6,9H,7-8H2,1-4H3,(H,15,17). The number of carbonyl (C=O) groups excluding carboxylic acids is 1. The van der Waals surface area contributed by atoms with Crippen LogP contribution < -0.4 is 14.8 Å². The van der Waals surface area contributed by atoms with Crippen LogP contribution in [0.15, 0.2) is 23.1 Å². The molecule has 8 heteroatoms. The number of carbonyl (C=O) groups is 1. The van der Waals surface area contributed by atoms with Gasteiger partial charge in [-0.15, -0.1) is 0 Å². The molecule has 0 saturated carbocycles. The molecule has 0 spiro atoms. The van der Waals surface area contributed by atoms with Gasteiger partial charge in [-0.2, -0.15) is 4.31 Å². The fourth-order valence-electron chi connectivity index (χ4n) is 2.40. The third-order valence-electron chi connectivity index (χ3n) is 3.72. The van der Waals surface area contributed by atoms with Crippen LogP contribution in [0, 0.1) is 0 Å². The lowest BCUT2D eigenvalue weighted by molar-refractivity contribution is -0.131. The molecular weight excluding hydrogens is 308 g/mol. The van der Waals surface area contributed by atoms with Crippen molar-refractivity contribution < 1.29 is 22.7 Å². The number of nitrogens with zero attached hydrogens (tertiary/aromatic N) is 1. The highest BCUT2D eigenvalue weighted by Crippen LogP contribution is 2.34. The van der Waals surface area contributed by atoms with E-state index in [0.717, 1.165) is 0 Å². The fourth-order valence-corrected chi connectivity index (χ4v) is 4.33. The number of nitrogens with one attached hydrogen (secondary N) is 1. The molecule has 1 N–H and O–H groups in total. The Labute approximate surface area is 130 Å². The highest BCUT2D eigenvalue weighted by molar-refractivity contribution is 7.89. The van der Waals surface area contributed by atoms with Crippen LogP contribution in [0.2, 0.25) is 0 Å². The van der Waals surface area contributed by atoms with Crippen LogP contribution in [0.3, 0.4) is 0 Å². The zero-order valence-electron chi connectivity index (χ0n) is 13.0. The van der Waals surface area contributed by atoms with Gasteiger partial charge in [0.15, 0.2) is 0 Å². The molecule has 0 aromatic heterocycles. The molecule has 1 heterocycles. The Hall–Kier alpha value is -1.80. The Morgan fingerprint density at radius 2 is 1.91 bits per heavy atom. The molecule has 7 nitrogen and oxygen atoms in total. The first kappa shape index (κ1) is 16.6. The Morgan fingerprint density at radius 1 is 1.23 bits per heavy atom. The maximum Gasteiger partial charge on any atom is 0.247 e. The number of sulfonamides is 1. The first-order valence-corrected chi connectivity index (χ1v) is 8.22. The van der Waals surface area contributed by atoms with E-state index in [-0.39, 0.29) is 29.6 Å². The third kappa shape index (κ3) is 2.64. The first-order valence-electron chi connectivity index (χ1n) is 6.78. The molecule has 2 rings (SSSR count). The number of methoxy groups -OCH3 is 2. The van der Waals surface area contributed by atoms with Gasteiger partial charge in [0.2, 0.25) is 15.9 Å². The van der Waals surface area contributed by atoms with E-state index in [9.17, 15) is 13.2 Å². The van der Waals surface area contributed by atoms with Crippen molar-refractivity contribution in [2.75, 3.05) is 27.3 Å². The summed E-state index contributed by atoms with van der Waals surface area (Å²) in [4.78, 5) is 12.0. The lowest BCUT2D eigenvalue weighted by atomic mass is 10.0. The summed E-state index contributed by atoms with van der Waals surface area (Å²) >= 11 is 0. The quantitative estimate of drug-likeness (QED) is 0.875. The van der Waals surface area contributed by atoms with Crippen molar-refractivity contribution in [3.05, 3.63) is 18.2 Å². The van der Waals surface area contributed by atoms with Crippen LogP contribution in [0.25, 0.3) is 0 Å². The Bertz CT molecular complexity index is 684. The first-order chi connectivity index (χ1) is 10.2. The summed E-state index contributed by atoms with van der Waals surface area (Å²) in [5, 5.41) is 2.68. The zero-order valence-corrected chi connectivity index (χ0v) is 13.9. The highest BCUT2D eigenvalue weighted by atomic mass is 32.2. The van der Waals surface area contributed by atoms with Crippen molar-refractivity contribution in [1.82, 2.24) is 9.62 Å². The van der Waals surface area contributed by atoms with Gasteiger partial charge in [0.25, 0.3) is 0 Å². The van der Waals surface area contributed by atoms with E-state index in [1.165, 1.54) is 30.7 Å². The minimum absolute atomic E-state index is 0.0166. The summed E-state index contributed by atoms with van der Waals surface area (Å²) in [5.41, 5.74) is -1.18. The number of amides is 1. The number of ether oxygens (including phenoxy) is 2. The second-order valence-corrected chi connectivity index (χ2v) is 7.24. The summed E-state index contributed by atoms with van der Waals surface area (Å²) in [5.74, 6) is 0.283. The molecule has 0 atom stereocenters. The molecule has 22 heavy (non-hydrogen) atoms. The van der Waals surface area contributed by atoms with Gasteiger partial charge in [-0.3, -0.25) is 4.79 Å². The van der Waals surface area contributed by atoms with Crippen LogP contribution in [0.4, 0.5) is 0 Å². The molecule has 1 fully saturated rings. The third-order valence-corrected chi connectivity index (χ3v) is 5.81. The molecule has 1 aromatic rings. The summed E-state index contributed by atoms with van der Waals surface area (Å²) < 4.78 is 37.5. The van der Waals surface area contributed by atoms with E-state index >= 15 is 0 Å². The zero-order chi connectivity index (χ0) is 16.5. The summed E-state index contributed by atoms with van der Waals surface area (Å²) in [6, 6.07) is 4.55. The van der Waals surface area contributed by atoms with Crippen molar-refractivity contribution >= 4 is 15.9 Å². The lowest BCUT2D eigenvalue weighted by Gasteiger charge is -2.40. The number of hydrogen-bond donors (Lipinski definition) is 1. The SMILES string of the molecule is COc1ccc(OC)c(S(=O)(=O)N2CCNC(=O)C2(C)C)c1. The molecule has 0 radical (unpaired) electrons. The molecule has 122 valence electrons. The van der Waals surface area contributed by atoms with E-state index in [1.54, 1.807) is 19.9 Å². The smallest absolute Gasteiger partial charge is 0.247 e. The highest BCUT2D eigenvalue weighted by Gasteiger charge is 2.45. The second kappa shape index (κ2) is 5.77. The molecule has 0 aliphatic carbocycles. The average Bonchev–Trinajstić information content (AvgIpc) is 2.49. The van der Waals surface area contributed by atoms with Crippen LogP contribution in [0.5, 0.6) is 11.5 Å². The van der Waals surface area contributed by atoms with Crippen LogP contribution in [-0.4, -0.2) is 51.5 Å². The van der Waals surface area contributed by atoms with Gasteiger partial charge in [0, 0.05) is 19.2 Å². The Balaban J connectivity index is 2.57. The maximum atomic E-state index is 13.0. The average molecular weight is 328 g/mol. The maximum absolute atomic E-state index is 13.0. The monoisotopic (exact) mass is 328 g/mol. The predicted octanol–water partition coefficient (Wildman–Crippen LogP) is 0.603. The normalized spacial score (nSPS) is 18.6. The minimum atomic E-state index is -3.91.